The highest BCUT2D eigenvalue weighted by atomic mass is 16.7. The third-order valence-corrected chi connectivity index (χ3v) is 27.4. The molecular formula is C82H108N2O8. The summed E-state index contributed by atoms with van der Waals surface area (Å²) >= 11 is 0. The van der Waals surface area contributed by atoms with Gasteiger partial charge in [-0.3, -0.25) is 4.79 Å². The number of allylic oxidation sites excluding steroid dienone is 6. The molecule has 494 valence electrons. The summed E-state index contributed by atoms with van der Waals surface area (Å²) in [6, 6.07) is 14.7. The average Bonchev–Trinajstić information content (AvgIpc) is 1.40. The summed E-state index contributed by atoms with van der Waals surface area (Å²) in [7, 11) is 3.79. The fraction of sp³-hybridized carbons (Fsp3) is 0.634. The molecule has 13 rings (SSSR count). The van der Waals surface area contributed by atoms with Gasteiger partial charge in [0.1, 0.15) is 30.8 Å². The van der Waals surface area contributed by atoms with Crippen molar-refractivity contribution in [2.24, 2.45) is 99.7 Å². The van der Waals surface area contributed by atoms with E-state index >= 15 is 0 Å². The van der Waals surface area contributed by atoms with Crippen LogP contribution in [0.3, 0.4) is 0 Å². The molecule has 1 aliphatic heterocycles. The van der Waals surface area contributed by atoms with Crippen LogP contribution in [-0.2, 0) is 21.3 Å². The second-order valence-corrected chi connectivity index (χ2v) is 33.1. The molecule has 6 saturated carbocycles. The second kappa shape index (κ2) is 25.3. The monoisotopic (exact) mass is 1250 g/mol. The van der Waals surface area contributed by atoms with Gasteiger partial charge in [0.25, 0.3) is 0 Å². The first-order valence-corrected chi connectivity index (χ1v) is 36.5. The average molecular weight is 1250 g/mol. The zero-order valence-electron chi connectivity index (χ0n) is 57.9. The number of aromatic nitrogens is 1. The predicted molar refractivity (Wildman–Crippen MR) is 365 cm³/mol. The standard InChI is InChI=1S/C82H108N2O8/c1-49(2)15-13-17-51(5)67-29-31-69-63-27-21-55-45-61(35-39-79(55,7)71(63)37-41-81(67,69)9)91-77(87)89-59-25-33-73-53(43-59)19-23-57(83(73)11)47-65-75(85)66(76(65)86)48-58-24-20-54-44-60(26-34-74(54)84(58)12)90-78(88)92-62-36-40-80(8)56(46-62)22-28-64-70-32-30-68(52(6)18-14-16-50(3)4)82(70,10)42-38-72(64)80/h19-26,33-34,43-44,47-52,61-64,67-72H,13-18,27-32,35-42,45-46H2,1-12H3/t51-,52-,61?,62?,63+,64+,67-,68-,69+,70+,71+,72+,79+,80+,81-,82-/m1/s1. The van der Waals surface area contributed by atoms with E-state index in [-0.39, 0.29) is 45.7 Å². The molecule has 2 heterocycles. The Morgan fingerprint density at radius 3 is 1.70 bits per heavy atom. The Hall–Kier alpha value is -5.90. The van der Waals surface area contributed by atoms with E-state index in [2.05, 4.69) is 81.4 Å². The highest BCUT2D eigenvalue weighted by Crippen LogP contribution is 2.69. The molecule has 0 spiro atoms. The van der Waals surface area contributed by atoms with Gasteiger partial charge < -0.3 is 29.0 Å². The SMILES string of the molecule is CC(C)CCC[C@@H](C)[C@H]1CC[C@H]2[C@@H]3CC=C4CC(OC(=O)Oc5ccc6c(c5)C=C/C(=C/C5=C([O-])C(=C/c7ccc8cc(OC(=O)OC9CC[C@@]%10(C)C(=CC[C@H]%11[C@@H]%12CC[C@H]([C@H](C)CCCC(C)C)[C@@]%12(C)CC[C@@H]%11%10)C9)ccc8[n+]7C)/C5=O)N6C)CC[C@]4(C)[C@H]3CC[C@]12C. The predicted octanol–water partition coefficient (Wildman–Crippen LogP) is 19.1. The van der Waals surface area contributed by atoms with E-state index in [9.17, 15) is 19.5 Å². The van der Waals surface area contributed by atoms with Gasteiger partial charge in [-0.05, 0) is 231 Å². The van der Waals surface area contributed by atoms with Crippen LogP contribution < -0.4 is 24.0 Å². The lowest BCUT2D eigenvalue weighted by Gasteiger charge is -2.58. The number of hydrogen-bond donors (Lipinski definition) is 0. The van der Waals surface area contributed by atoms with Crippen molar-refractivity contribution in [3.8, 4) is 11.5 Å². The highest BCUT2D eigenvalue weighted by molar-refractivity contribution is 6.23. The lowest BCUT2D eigenvalue weighted by Crippen LogP contribution is -2.51. The number of carbonyl (C=O) groups excluding carboxylic acids is 3. The van der Waals surface area contributed by atoms with Gasteiger partial charge in [-0.2, -0.15) is 4.57 Å². The summed E-state index contributed by atoms with van der Waals surface area (Å²) in [4.78, 5) is 42.5. The van der Waals surface area contributed by atoms with E-state index in [1.165, 1.54) is 101 Å². The minimum atomic E-state index is -0.677. The number of rotatable bonds is 16. The van der Waals surface area contributed by atoms with Crippen LogP contribution >= 0.6 is 0 Å². The second-order valence-electron chi connectivity index (χ2n) is 33.1. The smallest absolute Gasteiger partial charge is 0.514 e. The molecule has 0 bridgehead atoms. The van der Waals surface area contributed by atoms with E-state index in [4.69, 9.17) is 18.9 Å². The maximum Gasteiger partial charge on any atom is 0.514 e. The first-order chi connectivity index (χ1) is 43.9. The van der Waals surface area contributed by atoms with Crippen LogP contribution in [0.5, 0.6) is 11.5 Å². The Kier molecular flexibility index (Phi) is 17.9. The minimum absolute atomic E-state index is 0.123. The van der Waals surface area contributed by atoms with E-state index in [1.54, 1.807) is 24.3 Å². The van der Waals surface area contributed by atoms with Crippen LogP contribution in [-0.4, -0.2) is 37.3 Å². The number of ether oxygens (including phenoxy) is 4. The van der Waals surface area contributed by atoms with Crippen molar-refractivity contribution in [2.75, 3.05) is 11.9 Å². The number of hydrogen-bond acceptors (Lipinski definition) is 9. The van der Waals surface area contributed by atoms with Crippen molar-refractivity contribution < 1.29 is 43.0 Å². The van der Waals surface area contributed by atoms with Crippen molar-refractivity contribution in [1.29, 1.82) is 0 Å². The van der Waals surface area contributed by atoms with Gasteiger partial charge in [-0.25, -0.2) is 9.59 Å². The molecule has 1 aromatic heterocycles. The molecular weight excluding hydrogens is 1140 g/mol. The van der Waals surface area contributed by atoms with Crippen LogP contribution in [0.2, 0.25) is 0 Å². The molecule has 92 heavy (non-hydrogen) atoms. The summed E-state index contributed by atoms with van der Waals surface area (Å²) in [5.41, 5.74) is 8.37. The van der Waals surface area contributed by atoms with Crippen LogP contribution in [0, 0.1) is 92.7 Å². The van der Waals surface area contributed by atoms with Gasteiger partial charge in [0.2, 0.25) is 11.2 Å². The topological polar surface area (TPSA) is 118 Å². The molecule has 6 fully saturated rings. The van der Waals surface area contributed by atoms with Crippen molar-refractivity contribution in [3.05, 3.63) is 118 Å². The minimum Gasteiger partial charge on any atom is -0.871 e. The number of pyridine rings is 1. The number of benzene rings is 2. The van der Waals surface area contributed by atoms with Gasteiger partial charge >= 0.3 is 12.3 Å². The zero-order chi connectivity index (χ0) is 64.8. The Morgan fingerprint density at radius 1 is 0.630 bits per heavy atom. The number of carbonyl (C=O) groups is 3. The summed E-state index contributed by atoms with van der Waals surface area (Å²) in [5, 5.41) is 14.6. The zero-order valence-corrected chi connectivity index (χ0v) is 57.9. The molecule has 16 atom stereocenters. The molecule has 3 aromatic rings. The number of ketones is 1. The maximum atomic E-state index is 13.7. The van der Waals surface area contributed by atoms with Gasteiger partial charge in [0.05, 0.1) is 5.39 Å². The summed E-state index contributed by atoms with van der Waals surface area (Å²) < 4.78 is 25.8. The molecule has 9 aliphatic carbocycles. The van der Waals surface area contributed by atoms with Crippen molar-refractivity contribution in [1.82, 2.24) is 0 Å². The Morgan fingerprint density at radius 2 is 1.16 bits per heavy atom. The molecule has 0 saturated heterocycles. The van der Waals surface area contributed by atoms with Crippen LogP contribution in [0.1, 0.15) is 222 Å². The van der Waals surface area contributed by atoms with Gasteiger partial charge in [-0.15, -0.1) is 0 Å². The fourth-order valence-electron chi connectivity index (χ4n) is 22.2. The third kappa shape index (κ3) is 11.8. The largest absolute Gasteiger partial charge is 0.871 e. The first-order valence-electron chi connectivity index (χ1n) is 36.5. The number of fused-ring (bicyclic) bond motifs is 12. The lowest BCUT2D eigenvalue weighted by molar-refractivity contribution is -0.646. The van der Waals surface area contributed by atoms with E-state index in [0.29, 0.717) is 45.6 Å². The summed E-state index contributed by atoms with van der Waals surface area (Å²) in [6.07, 6.45) is 37.1. The Balaban J connectivity index is 0.586. The molecule has 0 amide bonds. The number of anilines is 1. The maximum absolute atomic E-state index is 13.7. The van der Waals surface area contributed by atoms with Crippen molar-refractivity contribution in [3.63, 3.8) is 0 Å². The molecule has 10 aliphatic rings. The van der Waals surface area contributed by atoms with Crippen LogP contribution in [0.25, 0.3) is 23.1 Å². The van der Waals surface area contributed by atoms with Crippen LogP contribution in [0.15, 0.2) is 107 Å². The number of likely N-dealkylation sites (N-methyl/N-ethyl adjacent to an activating group) is 1. The van der Waals surface area contributed by atoms with Gasteiger partial charge in [0, 0.05) is 66.2 Å². The number of nitrogens with zero attached hydrogens (tertiary/aromatic N) is 2. The highest BCUT2D eigenvalue weighted by Gasteiger charge is 2.61. The van der Waals surface area contributed by atoms with Crippen molar-refractivity contribution >= 4 is 46.8 Å². The molecule has 10 heteroatoms. The molecule has 2 unspecified atom stereocenters. The Bertz CT molecular complexity index is 3560. The lowest BCUT2D eigenvalue weighted by atomic mass is 9.47. The number of aryl methyl sites for hydroxylation is 1. The van der Waals surface area contributed by atoms with E-state index in [1.807, 2.05) is 72.1 Å². The molecule has 0 radical (unpaired) electrons. The Labute approximate surface area is 550 Å². The van der Waals surface area contributed by atoms with Crippen molar-refractivity contribution in [2.45, 2.75) is 223 Å². The summed E-state index contributed by atoms with van der Waals surface area (Å²) in [6.45, 7) is 24.9. The quantitative estimate of drug-likeness (QED) is 0.0454. The van der Waals surface area contributed by atoms with Crippen LogP contribution in [0.4, 0.5) is 15.3 Å². The third-order valence-electron chi connectivity index (χ3n) is 27.4. The van der Waals surface area contributed by atoms with E-state index in [0.717, 1.165) is 133 Å². The van der Waals surface area contributed by atoms with E-state index < -0.39 is 12.3 Å². The molecule has 10 nitrogen and oxygen atoms in total. The summed E-state index contributed by atoms with van der Waals surface area (Å²) in [5.74, 6) is 9.58. The van der Waals surface area contributed by atoms with Gasteiger partial charge in [0.15, 0.2) is 5.78 Å². The number of Topliss-reactive ketones (excluding diaryl/α,β-unsaturated/α-hetero) is 1. The molecule has 0 N–H and O–H groups in total. The fourth-order valence-corrected chi connectivity index (χ4v) is 22.2. The molecule has 2 aromatic carbocycles. The van der Waals surface area contributed by atoms with Gasteiger partial charge in [-0.1, -0.05) is 143 Å². The normalized spacial score (nSPS) is 35.2. The first kappa shape index (κ1) is 64.8.